The largest absolute Gasteiger partial charge is 0.494 e. The molecule has 0 unspecified atom stereocenters. The van der Waals surface area contributed by atoms with Crippen molar-refractivity contribution in [3.8, 4) is 23.0 Å². The van der Waals surface area contributed by atoms with Crippen LogP contribution in [-0.2, 0) is 11.2 Å². The molecule has 0 saturated carbocycles. The number of methoxy groups -OCH3 is 3. The van der Waals surface area contributed by atoms with Gasteiger partial charge in [0.2, 0.25) is 0 Å². The number of nitrogens with zero attached hydrogens (tertiary/aromatic N) is 1. The second-order valence-electron chi connectivity index (χ2n) is 8.58. The normalized spacial score (nSPS) is 14.2. The summed E-state index contributed by atoms with van der Waals surface area (Å²) in [6, 6.07) is 18.4. The highest BCUT2D eigenvalue weighted by Crippen LogP contribution is 2.38. The van der Waals surface area contributed by atoms with Gasteiger partial charge in [-0.1, -0.05) is 0 Å². The van der Waals surface area contributed by atoms with Gasteiger partial charge in [-0.05, 0) is 97.4 Å². The number of thiocarbonyl (C=S) groups is 1. The van der Waals surface area contributed by atoms with Crippen LogP contribution in [0.1, 0.15) is 34.5 Å². The second kappa shape index (κ2) is 12.5. The number of anilines is 1. The van der Waals surface area contributed by atoms with Crippen molar-refractivity contribution in [2.45, 2.75) is 19.4 Å². The number of esters is 1. The van der Waals surface area contributed by atoms with Crippen molar-refractivity contribution in [3.05, 3.63) is 77.4 Å². The first-order chi connectivity index (χ1) is 18.5. The fourth-order valence-corrected chi connectivity index (χ4v) is 4.76. The van der Waals surface area contributed by atoms with Crippen LogP contribution in [0.2, 0.25) is 0 Å². The smallest absolute Gasteiger partial charge is 0.337 e. The van der Waals surface area contributed by atoms with Gasteiger partial charge in [0.25, 0.3) is 0 Å². The van der Waals surface area contributed by atoms with Gasteiger partial charge in [0, 0.05) is 12.2 Å². The van der Waals surface area contributed by atoms with Gasteiger partial charge in [-0.15, -0.1) is 0 Å². The summed E-state index contributed by atoms with van der Waals surface area (Å²) in [4.78, 5) is 13.9. The lowest BCUT2D eigenvalue weighted by Gasteiger charge is -2.39. The molecular weight excluding hydrogens is 504 g/mol. The molecule has 38 heavy (non-hydrogen) atoms. The van der Waals surface area contributed by atoms with E-state index in [2.05, 4.69) is 10.2 Å². The zero-order valence-electron chi connectivity index (χ0n) is 22.0. The zero-order valence-corrected chi connectivity index (χ0v) is 22.8. The minimum atomic E-state index is -0.393. The first-order valence-corrected chi connectivity index (χ1v) is 12.7. The molecule has 0 fully saturated rings. The van der Waals surface area contributed by atoms with E-state index in [-0.39, 0.29) is 6.04 Å². The summed E-state index contributed by atoms with van der Waals surface area (Å²) in [5, 5.41) is 3.94. The molecule has 0 radical (unpaired) electrons. The van der Waals surface area contributed by atoms with Crippen molar-refractivity contribution in [1.82, 2.24) is 4.90 Å². The van der Waals surface area contributed by atoms with E-state index in [0.717, 1.165) is 29.0 Å². The molecule has 1 atom stereocenters. The molecule has 1 aliphatic heterocycles. The third-order valence-electron chi connectivity index (χ3n) is 6.36. The molecule has 200 valence electrons. The van der Waals surface area contributed by atoms with Crippen LogP contribution in [0, 0.1) is 0 Å². The number of rotatable bonds is 9. The van der Waals surface area contributed by atoms with Crippen LogP contribution in [0.4, 0.5) is 5.69 Å². The van der Waals surface area contributed by atoms with E-state index in [1.54, 1.807) is 38.5 Å². The lowest BCUT2D eigenvalue weighted by Crippen LogP contribution is -2.44. The van der Waals surface area contributed by atoms with E-state index in [0.29, 0.717) is 47.7 Å². The van der Waals surface area contributed by atoms with Gasteiger partial charge >= 0.3 is 5.97 Å². The van der Waals surface area contributed by atoms with Crippen LogP contribution in [0.3, 0.4) is 0 Å². The van der Waals surface area contributed by atoms with Crippen molar-refractivity contribution in [1.29, 1.82) is 0 Å². The Hall–Kier alpha value is -3.98. The zero-order chi connectivity index (χ0) is 27.1. The lowest BCUT2D eigenvalue weighted by atomic mass is 9.92. The third kappa shape index (κ3) is 6.11. The molecular formula is C29H32N2O6S. The number of fused-ring (bicyclic) bond motifs is 1. The Morgan fingerprint density at radius 1 is 0.947 bits per heavy atom. The molecule has 0 aliphatic carbocycles. The maximum Gasteiger partial charge on any atom is 0.337 e. The average molecular weight is 537 g/mol. The van der Waals surface area contributed by atoms with Crippen molar-refractivity contribution in [2.75, 3.05) is 46.4 Å². The van der Waals surface area contributed by atoms with Crippen LogP contribution >= 0.6 is 12.2 Å². The van der Waals surface area contributed by atoms with E-state index in [1.807, 2.05) is 43.3 Å². The van der Waals surface area contributed by atoms with Gasteiger partial charge in [-0.2, -0.15) is 0 Å². The number of hydrogen-bond donors (Lipinski definition) is 1. The molecule has 0 amide bonds. The molecule has 1 heterocycles. The molecule has 1 aliphatic rings. The van der Waals surface area contributed by atoms with E-state index >= 15 is 0 Å². The number of ether oxygens (including phenoxy) is 5. The Morgan fingerprint density at radius 3 is 2.21 bits per heavy atom. The van der Waals surface area contributed by atoms with Gasteiger partial charge in [0.15, 0.2) is 16.6 Å². The SMILES string of the molecule is CCOc1ccc(NC(=S)N2CCc3cc(OC)c(OC)cc3[C@H]2COc2ccc(C(=O)OC)cc2)cc1. The molecule has 0 aromatic heterocycles. The Balaban J connectivity index is 1.59. The minimum absolute atomic E-state index is 0.193. The Labute approximate surface area is 228 Å². The first kappa shape index (κ1) is 27.1. The Morgan fingerprint density at radius 2 is 1.58 bits per heavy atom. The number of nitrogens with one attached hydrogen (secondary N) is 1. The summed E-state index contributed by atoms with van der Waals surface area (Å²) in [6.45, 7) is 3.58. The quantitative estimate of drug-likeness (QED) is 0.291. The maximum atomic E-state index is 11.8. The van der Waals surface area contributed by atoms with Gasteiger partial charge < -0.3 is 33.9 Å². The van der Waals surface area contributed by atoms with Crippen molar-refractivity contribution in [3.63, 3.8) is 0 Å². The number of carbonyl (C=O) groups excluding carboxylic acids is 1. The Bertz CT molecular complexity index is 1260. The van der Waals surface area contributed by atoms with Crippen molar-refractivity contribution < 1.29 is 28.5 Å². The summed E-state index contributed by atoms with van der Waals surface area (Å²) in [5.74, 6) is 2.38. The molecule has 3 aromatic carbocycles. The predicted molar refractivity (Wildman–Crippen MR) is 150 cm³/mol. The highest BCUT2D eigenvalue weighted by Gasteiger charge is 2.31. The number of carbonyl (C=O) groups is 1. The summed E-state index contributed by atoms with van der Waals surface area (Å²) in [5.41, 5.74) is 3.53. The fraction of sp³-hybridized carbons (Fsp3) is 0.310. The molecule has 8 nitrogen and oxygen atoms in total. The van der Waals surface area contributed by atoms with Crippen LogP contribution in [0.25, 0.3) is 0 Å². The third-order valence-corrected chi connectivity index (χ3v) is 6.70. The monoisotopic (exact) mass is 536 g/mol. The minimum Gasteiger partial charge on any atom is -0.494 e. The summed E-state index contributed by atoms with van der Waals surface area (Å²) < 4.78 is 27.7. The van der Waals surface area contributed by atoms with Crippen molar-refractivity contribution in [2.24, 2.45) is 0 Å². The van der Waals surface area contributed by atoms with Gasteiger partial charge in [0.05, 0.1) is 39.5 Å². The van der Waals surface area contributed by atoms with Crippen LogP contribution in [0.15, 0.2) is 60.7 Å². The lowest BCUT2D eigenvalue weighted by molar-refractivity contribution is 0.0600. The molecule has 0 saturated heterocycles. The second-order valence-corrected chi connectivity index (χ2v) is 8.97. The molecule has 0 bridgehead atoms. The molecule has 3 aromatic rings. The molecule has 1 N–H and O–H groups in total. The highest BCUT2D eigenvalue weighted by atomic mass is 32.1. The standard InChI is InChI=1S/C29H32N2O6S/c1-5-36-22-12-8-21(9-13-22)30-29(38)31-15-14-20-16-26(33-2)27(34-3)17-24(20)25(31)18-37-23-10-6-19(7-11-23)28(32)35-4/h6-13,16-17,25H,5,14-15,18H2,1-4H3,(H,30,38)/t25-/m1/s1. The number of hydrogen-bond acceptors (Lipinski definition) is 7. The van der Waals surface area contributed by atoms with Crippen molar-refractivity contribution >= 4 is 29.0 Å². The number of benzene rings is 3. The summed E-state index contributed by atoms with van der Waals surface area (Å²) in [6.07, 6.45) is 0.783. The average Bonchev–Trinajstić information content (AvgIpc) is 2.95. The van der Waals surface area contributed by atoms with Gasteiger partial charge in [-0.25, -0.2) is 4.79 Å². The Kier molecular flexibility index (Phi) is 8.91. The molecule has 9 heteroatoms. The topological polar surface area (TPSA) is 78.5 Å². The molecule has 0 spiro atoms. The summed E-state index contributed by atoms with van der Waals surface area (Å²) >= 11 is 5.87. The van der Waals surface area contributed by atoms with E-state index in [9.17, 15) is 4.79 Å². The van der Waals surface area contributed by atoms with Crippen LogP contribution in [0.5, 0.6) is 23.0 Å². The fourth-order valence-electron chi connectivity index (χ4n) is 4.43. The van der Waals surface area contributed by atoms with E-state index in [4.69, 9.17) is 35.9 Å². The van der Waals surface area contributed by atoms with E-state index < -0.39 is 5.97 Å². The van der Waals surface area contributed by atoms with E-state index in [1.165, 1.54) is 7.11 Å². The van der Waals surface area contributed by atoms with Crippen LogP contribution < -0.4 is 24.3 Å². The molecule has 4 rings (SSSR count). The maximum absolute atomic E-state index is 11.8. The highest BCUT2D eigenvalue weighted by molar-refractivity contribution is 7.80. The van der Waals surface area contributed by atoms with Gasteiger partial charge in [0.1, 0.15) is 18.1 Å². The predicted octanol–water partition coefficient (Wildman–Crippen LogP) is 5.26. The van der Waals surface area contributed by atoms with Crippen LogP contribution in [-0.4, -0.2) is 57.1 Å². The van der Waals surface area contributed by atoms with Gasteiger partial charge in [-0.3, -0.25) is 0 Å². The first-order valence-electron chi connectivity index (χ1n) is 12.3. The summed E-state index contributed by atoms with van der Waals surface area (Å²) in [7, 11) is 4.61.